The molecule has 3 aromatic rings. The molecule has 1 saturated carbocycles. The quantitative estimate of drug-likeness (QED) is 0.179. The Bertz CT molecular complexity index is 1080. The Kier molecular flexibility index (Phi) is 7.87. The largest absolute Gasteiger partial charge is 0.435 e. The summed E-state index contributed by atoms with van der Waals surface area (Å²) in [4.78, 5) is 17.0. The third-order valence-corrected chi connectivity index (χ3v) is 6.32. The van der Waals surface area contributed by atoms with Crippen molar-refractivity contribution in [2.24, 2.45) is 5.10 Å². The average molecular weight is 470 g/mol. The van der Waals surface area contributed by atoms with Gasteiger partial charge in [0.15, 0.2) is 6.79 Å². The molecular formula is C24H24ClN3O3S. The maximum absolute atomic E-state index is 12.5. The Morgan fingerprint density at radius 1 is 1.16 bits per heavy atom. The highest BCUT2D eigenvalue weighted by Gasteiger charge is 2.16. The van der Waals surface area contributed by atoms with E-state index in [1.54, 1.807) is 24.4 Å². The van der Waals surface area contributed by atoms with Gasteiger partial charge in [0.25, 0.3) is 0 Å². The van der Waals surface area contributed by atoms with E-state index < -0.39 is 5.97 Å². The smallest absolute Gasteiger partial charge is 0.340 e. The first-order chi connectivity index (χ1) is 15.7. The van der Waals surface area contributed by atoms with Crippen molar-refractivity contribution in [1.82, 2.24) is 4.98 Å². The van der Waals surface area contributed by atoms with Crippen LogP contribution in [0.25, 0.3) is 11.3 Å². The number of benzene rings is 2. The first-order valence-electron chi connectivity index (χ1n) is 10.6. The molecule has 166 valence electrons. The number of rotatable bonds is 8. The van der Waals surface area contributed by atoms with E-state index >= 15 is 0 Å². The summed E-state index contributed by atoms with van der Waals surface area (Å²) in [6.07, 6.45) is 7.42. The number of ether oxygens (including phenoxy) is 2. The monoisotopic (exact) mass is 469 g/mol. The van der Waals surface area contributed by atoms with Crippen molar-refractivity contribution < 1.29 is 14.3 Å². The van der Waals surface area contributed by atoms with E-state index in [1.807, 2.05) is 35.7 Å². The van der Waals surface area contributed by atoms with Gasteiger partial charge in [-0.05, 0) is 25.0 Å². The SMILES string of the molecule is O=C(OCOC1CCCCC1)c1ccccc1/C=N/Nc1nc(-c2ccccc2Cl)cs1. The molecule has 4 rings (SSSR count). The highest BCUT2D eigenvalue weighted by atomic mass is 35.5. The van der Waals surface area contributed by atoms with E-state index in [-0.39, 0.29) is 12.9 Å². The number of esters is 1. The van der Waals surface area contributed by atoms with Crippen molar-refractivity contribution in [2.45, 2.75) is 38.2 Å². The maximum atomic E-state index is 12.5. The lowest BCUT2D eigenvalue weighted by Gasteiger charge is -2.21. The number of nitrogens with one attached hydrogen (secondary N) is 1. The number of hydrazone groups is 1. The molecule has 0 amide bonds. The molecule has 2 aromatic carbocycles. The van der Waals surface area contributed by atoms with Crippen LogP contribution in [0, 0.1) is 0 Å². The number of anilines is 1. The van der Waals surface area contributed by atoms with E-state index in [2.05, 4.69) is 15.5 Å². The molecule has 1 N–H and O–H groups in total. The predicted molar refractivity (Wildman–Crippen MR) is 128 cm³/mol. The Morgan fingerprint density at radius 2 is 1.94 bits per heavy atom. The van der Waals surface area contributed by atoms with Crippen LogP contribution in [0.3, 0.4) is 0 Å². The first kappa shape index (κ1) is 22.5. The van der Waals surface area contributed by atoms with Gasteiger partial charge < -0.3 is 9.47 Å². The zero-order valence-electron chi connectivity index (χ0n) is 17.5. The van der Waals surface area contributed by atoms with Gasteiger partial charge >= 0.3 is 5.97 Å². The number of hydrogen-bond donors (Lipinski definition) is 1. The van der Waals surface area contributed by atoms with Gasteiger partial charge in [-0.15, -0.1) is 11.3 Å². The summed E-state index contributed by atoms with van der Waals surface area (Å²) in [5.41, 5.74) is 5.63. The Hall–Kier alpha value is -2.74. The van der Waals surface area contributed by atoms with Crippen LogP contribution in [-0.2, 0) is 9.47 Å². The summed E-state index contributed by atoms with van der Waals surface area (Å²) in [6, 6.07) is 14.7. The second-order valence-corrected chi connectivity index (χ2v) is 8.72. The summed E-state index contributed by atoms with van der Waals surface area (Å²) in [5.74, 6) is -0.432. The number of aromatic nitrogens is 1. The Labute approximate surface area is 196 Å². The minimum Gasteiger partial charge on any atom is -0.435 e. The van der Waals surface area contributed by atoms with Crippen molar-refractivity contribution in [2.75, 3.05) is 12.2 Å². The lowest BCUT2D eigenvalue weighted by Crippen LogP contribution is -2.20. The fourth-order valence-corrected chi connectivity index (χ4v) is 4.46. The molecule has 0 bridgehead atoms. The van der Waals surface area contributed by atoms with Crippen molar-refractivity contribution >= 4 is 40.3 Å². The van der Waals surface area contributed by atoms with Gasteiger partial charge in [-0.2, -0.15) is 5.10 Å². The van der Waals surface area contributed by atoms with E-state index in [0.29, 0.717) is 21.3 Å². The predicted octanol–water partition coefficient (Wildman–Crippen LogP) is 6.37. The van der Waals surface area contributed by atoms with Crippen LogP contribution in [0.2, 0.25) is 5.02 Å². The van der Waals surface area contributed by atoms with Crippen molar-refractivity contribution in [1.29, 1.82) is 0 Å². The topological polar surface area (TPSA) is 72.8 Å². The van der Waals surface area contributed by atoms with Crippen LogP contribution in [0.5, 0.6) is 0 Å². The van der Waals surface area contributed by atoms with E-state index in [4.69, 9.17) is 21.1 Å². The van der Waals surface area contributed by atoms with Crippen molar-refractivity contribution in [3.8, 4) is 11.3 Å². The summed E-state index contributed by atoms with van der Waals surface area (Å²) >= 11 is 7.66. The number of carbonyl (C=O) groups is 1. The van der Waals surface area contributed by atoms with Gasteiger partial charge in [-0.1, -0.05) is 67.3 Å². The molecule has 0 spiro atoms. The van der Waals surface area contributed by atoms with E-state index in [1.165, 1.54) is 30.6 Å². The molecule has 0 saturated heterocycles. The van der Waals surface area contributed by atoms with Crippen LogP contribution >= 0.6 is 22.9 Å². The molecule has 0 radical (unpaired) electrons. The van der Waals surface area contributed by atoms with Gasteiger partial charge in [-0.25, -0.2) is 9.78 Å². The molecule has 1 aromatic heterocycles. The van der Waals surface area contributed by atoms with Crippen LogP contribution in [0.4, 0.5) is 5.13 Å². The molecule has 1 aliphatic rings. The van der Waals surface area contributed by atoms with Crippen molar-refractivity contribution in [3.63, 3.8) is 0 Å². The second-order valence-electron chi connectivity index (χ2n) is 7.45. The molecule has 8 heteroatoms. The fraction of sp³-hybridized carbons (Fsp3) is 0.292. The first-order valence-corrected chi connectivity index (χ1v) is 11.8. The molecular weight excluding hydrogens is 446 g/mol. The summed E-state index contributed by atoms with van der Waals surface area (Å²) in [7, 11) is 0. The molecule has 1 fully saturated rings. The van der Waals surface area contributed by atoms with Crippen LogP contribution in [0.1, 0.15) is 48.0 Å². The fourth-order valence-electron chi connectivity index (χ4n) is 3.56. The van der Waals surface area contributed by atoms with Gasteiger partial charge in [0.1, 0.15) is 0 Å². The number of nitrogens with zero attached hydrogens (tertiary/aromatic N) is 2. The number of thiazole rings is 1. The molecule has 0 aliphatic heterocycles. The second kappa shape index (κ2) is 11.2. The summed E-state index contributed by atoms with van der Waals surface area (Å²) < 4.78 is 11.0. The third-order valence-electron chi connectivity index (χ3n) is 5.24. The highest BCUT2D eigenvalue weighted by molar-refractivity contribution is 7.14. The van der Waals surface area contributed by atoms with Gasteiger partial charge in [0.05, 0.1) is 23.6 Å². The molecule has 32 heavy (non-hydrogen) atoms. The normalized spacial score (nSPS) is 14.5. The number of carbonyl (C=O) groups excluding carboxylic acids is 1. The molecule has 1 heterocycles. The van der Waals surface area contributed by atoms with E-state index in [0.717, 1.165) is 24.1 Å². The molecule has 1 aliphatic carbocycles. The lowest BCUT2D eigenvalue weighted by molar-refractivity contribution is -0.0749. The highest BCUT2D eigenvalue weighted by Crippen LogP contribution is 2.30. The van der Waals surface area contributed by atoms with Gasteiger partial charge in [-0.3, -0.25) is 5.43 Å². The lowest BCUT2D eigenvalue weighted by atomic mass is 9.98. The standard InChI is InChI=1S/C24H24ClN3O3S/c25-21-13-7-6-12-20(21)22-15-32-24(27-22)28-26-14-17-8-4-5-11-19(17)23(29)31-16-30-18-9-2-1-3-10-18/h4-8,11-15,18H,1-3,9-10,16H2,(H,27,28)/b26-14+. The summed E-state index contributed by atoms with van der Waals surface area (Å²) in [5, 5.41) is 7.42. The van der Waals surface area contributed by atoms with Crippen LogP contribution in [0.15, 0.2) is 59.0 Å². The zero-order valence-corrected chi connectivity index (χ0v) is 19.1. The molecule has 0 unspecified atom stereocenters. The zero-order chi connectivity index (χ0) is 22.2. The minimum atomic E-state index is -0.432. The average Bonchev–Trinajstić information content (AvgIpc) is 3.29. The number of halogens is 1. The minimum absolute atomic E-state index is 0.0306. The van der Waals surface area contributed by atoms with Gasteiger partial charge in [0.2, 0.25) is 5.13 Å². The Balaban J connectivity index is 1.34. The van der Waals surface area contributed by atoms with Crippen molar-refractivity contribution in [3.05, 3.63) is 70.1 Å². The molecule has 6 nitrogen and oxygen atoms in total. The summed E-state index contributed by atoms with van der Waals surface area (Å²) in [6.45, 7) is -0.0306. The Morgan fingerprint density at radius 3 is 2.78 bits per heavy atom. The van der Waals surface area contributed by atoms with Gasteiger partial charge in [0, 0.05) is 21.5 Å². The van der Waals surface area contributed by atoms with Crippen LogP contribution < -0.4 is 5.43 Å². The molecule has 0 atom stereocenters. The van der Waals surface area contributed by atoms with E-state index in [9.17, 15) is 4.79 Å². The third kappa shape index (κ3) is 5.94. The van der Waals surface area contributed by atoms with Crippen LogP contribution in [-0.4, -0.2) is 30.1 Å². The maximum Gasteiger partial charge on any atom is 0.340 e. The number of hydrogen-bond acceptors (Lipinski definition) is 7.